The molecule has 2 heterocycles. The highest BCUT2D eigenvalue weighted by Crippen LogP contribution is 2.24. The van der Waals surface area contributed by atoms with Crippen molar-refractivity contribution in [2.45, 2.75) is 18.7 Å². The number of aliphatic hydroxyl groups is 1. The van der Waals surface area contributed by atoms with Crippen molar-refractivity contribution in [3.05, 3.63) is 17.5 Å². The van der Waals surface area contributed by atoms with Gasteiger partial charge in [0.05, 0.1) is 24.1 Å². The van der Waals surface area contributed by atoms with E-state index in [1.807, 2.05) is 17.5 Å². The summed E-state index contributed by atoms with van der Waals surface area (Å²) in [6.45, 7) is 0.785. The maximum atomic E-state index is 12.1. The maximum Gasteiger partial charge on any atom is 0.391 e. The summed E-state index contributed by atoms with van der Waals surface area (Å²) < 4.78 is 36.4. The smallest absolute Gasteiger partial charge is 0.391 e. The number of carbonyl (C=O) groups is 1. The highest BCUT2D eigenvalue weighted by atomic mass is 32.1. The number of hydrogen-bond acceptors (Lipinski definition) is 4. The van der Waals surface area contributed by atoms with Gasteiger partial charge in [-0.25, -0.2) is 0 Å². The Hall–Kier alpha value is -1.12. The van der Waals surface area contributed by atoms with E-state index in [1.54, 1.807) is 9.80 Å². The predicted octanol–water partition coefficient (Wildman–Crippen LogP) is 1.71. The second-order valence-electron chi connectivity index (χ2n) is 4.70. The highest BCUT2D eigenvalue weighted by Gasteiger charge is 2.33. The number of thiophene rings is 1. The van der Waals surface area contributed by atoms with Gasteiger partial charge in [-0.2, -0.15) is 13.2 Å². The van der Waals surface area contributed by atoms with E-state index in [9.17, 15) is 23.1 Å². The number of halogens is 3. The van der Waals surface area contributed by atoms with Gasteiger partial charge in [0, 0.05) is 19.6 Å². The largest absolute Gasteiger partial charge is 0.391 e. The fourth-order valence-electron chi connectivity index (χ4n) is 2.16. The molecule has 1 atom stereocenters. The third kappa shape index (κ3) is 4.19. The fraction of sp³-hybridized carbons (Fsp3) is 0.583. The number of amides is 1. The number of β-amino-alcohol motifs (C(OH)–C–C–N with tert-alkyl or cyclic N) is 1. The molecular formula is C12H15F3N2O2S. The van der Waals surface area contributed by atoms with Crippen molar-refractivity contribution in [1.29, 1.82) is 0 Å². The SMILES string of the molecule is O=C1CN(CC(O)CC(F)(F)F)CCN1c1cccs1. The monoisotopic (exact) mass is 308 g/mol. The van der Waals surface area contributed by atoms with Crippen molar-refractivity contribution in [2.75, 3.05) is 31.1 Å². The van der Waals surface area contributed by atoms with Crippen molar-refractivity contribution < 1.29 is 23.1 Å². The van der Waals surface area contributed by atoms with Crippen molar-refractivity contribution in [3.8, 4) is 0 Å². The van der Waals surface area contributed by atoms with Gasteiger partial charge in [0.25, 0.3) is 0 Å². The minimum atomic E-state index is -4.39. The van der Waals surface area contributed by atoms with Gasteiger partial charge in [0.1, 0.15) is 0 Å². The second kappa shape index (κ2) is 6.11. The van der Waals surface area contributed by atoms with Gasteiger partial charge in [0.2, 0.25) is 5.91 Å². The molecule has 0 aliphatic carbocycles. The van der Waals surface area contributed by atoms with Crippen LogP contribution in [0.2, 0.25) is 0 Å². The Morgan fingerprint density at radius 2 is 2.15 bits per heavy atom. The van der Waals surface area contributed by atoms with E-state index in [-0.39, 0.29) is 19.0 Å². The molecule has 0 bridgehead atoms. The molecule has 0 spiro atoms. The van der Waals surface area contributed by atoms with E-state index < -0.39 is 18.7 Å². The third-order valence-corrected chi connectivity index (χ3v) is 3.90. The number of piperazine rings is 1. The minimum Gasteiger partial charge on any atom is -0.391 e. The molecule has 8 heteroatoms. The fourth-order valence-corrected chi connectivity index (χ4v) is 2.94. The first kappa shape index (κ1) is 15.3. The van der Waals surface area contributed by atoms with E-state index in [4.69, 9.17) is 0 Å². The number of rotatable bonds is 4. The van der Waals surface area contributed by atoms with Gasteiger partial charge in [-0.1, -0.05) is 0 Å². The Balaban J connectivity index is 1.85. The lowest BCUT2D eigenvalue weighted by Gasteiger charge is -2.34. The van der Waals surface area contributed by atoms with Crippen LogP contribution in [-0.2, 0) is 4.79 Å². The number of anilines is 1. The maximum absolute atomic E-state index is 12.1. The topological polar surface area (TPSA) is 43.8 Å². The minimum absolute atomic E-state index is 0.0345. The van der Waals surface area contributed by atoms with Crippen LogP contribution < -0.4 is 4.90 Å². The van der Waals surface area contributed by atoms with E-state index in [0.29, 0.717) is 13.1 Å². The molecule has 0 aromatic carbocycles. The van der Waals surface area contributed by atoms with Crippen molar-refractivity contribution in [3.63, 3.8) is 0 Å². The van der Waals surface area contributed by atoms with E-state index in [0.717, 1.165) is 5.00 Å². The summed E-state index contributed by atoms with van der Waals surface area (Å²) in [6, 6.07) is 3.67. The van der Waals surface area contributed by atoms with E-state index in [1.165, 1.54) is 11.3 Å². The molecule has 4 nitrogen and oxygen atoms in total. The van der Waals surface area contributed by atoms with Gasteiger partial charge in [0.15, 0.2) is 0 Å². The molecule has 20 heavy (non-hydrogen) atoms. The number of aliphatic hydroxyl groups excluding tert-OH is 1. The van der Waals surface area contributed by atoms with Gasteiger partial charge >= 0.3 is 6.18 Å². The van der Waals surface area contributed by atoms with Gasteiger partial charge in [-0.15, -0.1) is 11.3 Å². The second-order valence-corrected chi connectivity index (χ2v) is 5.63. The van der Waals surface area contributed by atoms with E-state index >= 15 is 0 Å². The van der Waals surface area contributed by atoms with E-state index in [2.05, 4.69) is 0 Å². The highest BCUT2D eigenvalue weighted by molar-refractivity contribution is 7.14. The molecule has 1 saturated heterocycles. The lowest BCUT2D eigenvalue weighted by atomic mass is 10.2. The van der Waals surface area contributed by atoms with Crippen LogP contribution in [0.15, 0.2) is 17.5 Å². The van der Waals surface area contributed by atoms with Crippen LogP contribution in [0.5, 0.6) is 0 Å². The Morgan fingerprint density at radius 3 is 2.70 bits per heavy atom. The quantitative estimate of drug-likeness (QED) is 0.921. The normalized spacial score (nSPS) is 19.4. The zero-order valence-electron chi connectivity index (χ0n) is 10.6. The molecule has 1 aliphatic rings. The molecule has 1 aromatic rings. The van der Waals surface area contributed by atoms with Crippen molar-refractivity contribution in [1.82, 2.24) is 4.90 Å². The number of alkyl halides is 3. The lowest BCUT2D eigenvalue weighted by Crippen LogP contribution is -2.52. The third-order valence-electron chi connectivity index (χ3n) is 3.01. The first-order chi connectivity index (χ1) is 9.35. The van der Waals surface area contributed by atoms with Crippen LogP contribution in [-0.4, -0.2) is 54.4 Å². The summed E-state index contributed by atoms with van der Waals surface area (Å²) in [6.07, 6.45) is -7.12. The van der Waals surface area contributed by atoms with Crippen LogP contribution in [0.3, 0.4) is 0 Å². The van der Waals surface area contributed by atoms with Crippen LogP contribution in [0.25, 0.3) is 0 Å². The Morgan fingerprint density at radius 1 is 1.40 bits per heavy atom. The summed E-state index contributed by atoms with van der Waals surface area (Å²) in [5, 5.41) is 12.1. The summed E-state index contributed by atoms with van der Waals surface area (Å²) >= 11 is 1.44. The molecule has 1 aromatic heterocycles. The van der Waals surface area contributed by atoms with Crippen LogP contribution in [0.1, 0.15) is 6.42 Å². The molecule has 0 saturated carbocycles. The van der Waals surface area contributed by atoms with Gasteiger partial charge in [-0.3, -0.25) is 9.69 Å². The summed E-state index contributed by atoms with van der Waals surface area (Å²) in [5.41, 5.74) is 0. The van der Waals surface area contributed by atoms with Gasteiger partial charge < -0.3 is 10.0 Å². The Labute approximate surface area is 118 Å². The van der Waals surface area contributed by atoms with Gasteiger partial charge in [-0.05, 0) is 17.5 Å². The molecule has 1 N–H and O–H groups in total. The van der Waals surface area contributed by atoms with Crippen LogP contribution >= 0.6 is 11.3 Å². The summed E-state index contributed by atoms with van der Waals surface area (Å²) in [4.78, 5) is 15.1. The summed E-state index contributed by atoms with van der Waals surface area (Å²) in [5.74, 6) is -0.155. The molecular weight excluding hydrogens is 293 g/mol. The molecule has 1 fully saturated rings. The molecule has 1 amide bonds. The zero-order chi connectivity index (χ0) is 14.8. The standard InChI is InChI=1S/C12H15F3N2O2S/c13-12(14,15)6-9(18)7-16-3-4-17(10(19)8-16)11-2-1-5-20-11/h1-2,5,9,18H,3-4,6-8H2. The number of carbonyl (C=O) groups excluding carboxylic acids is 1. The predicted molar refractivity (Wildman–Crippen MR) is 69.8 cm³/mol. The van der Waals surface area contributed by atoms with Crippen molar-refractivity contribution in [2.24, 2.45) is 0 Å². The summed E-state index contributed by atoms with van der Waals surface area (Å²) in [7, 11) is 0. The molecule has 2 rings (SSSR count). The average Bonchev–Trinajstić information content (AvgIpc) is 2.79. The molecule has 1 unspecified atom stereocenters. The molecule has 0 radical (unpaired) electrons. The van der Waals surface area contributed by atoms with Crippen LogP contribution in [0, 0.1) is 0 Å². The Kier molecular flexibility index (Phi) is 4.66. The zero-order valence-corrected chi connectivity index (χ0v) is 11.5. The van der Waals surface area contributed by atoms with Crippen molar-refractivity contribution >= 4 is 22.2 Å². The number of nitrogens with zero attached hydrogens (tertiary/aromatic N) is 2. The average molecular weight is 308 g/mol. The van der Waals surface area contributed by atoms with Crippen LogP contribution in [0.4, 0.5) is 18.2 Å². The Bertz CT molecular complexity index is 450. The molecule has 1 aliphatic heterocycles. The number of hydrogen-bond donors (Lipinski definition) is 1. The first-order valence-corrected chi connectivity index (χ1v) is 7.04. The first-order valence-electron chi connectivity index (χ1n) is 6.16. The molecule has 112 valence electrons. The lowest BCUT2D eigenvalue weighted by molar-refractivity contribution is -0.155.